The van der Waals surface area contributed by atoms with E-state index in [1.54, 1.807) is 0 Å². The second-order valence-corrected chi connectivity index (χ2v) is 7.80. The lowest BCUT2D eigenvalue weighted by atomic mass is 10.0. The molecule has 0 saturated carbocycles. The molecule has 0 aliphatic heterocycles. The van der Waals surface area contributed by atoms with Crippen LogP contribution >= 0.6 is 0 Å². The summed E-state index contributed by atoms with van der Waals surface area (Å²) in [5, 5.41) is 5.30. The Kier molecular flexibility index (Phi) is 11.5. The summed E-state index contributed by atoms with van der Waals surface area (Å²) < 4.78 is 4.71. The zero-order chi connectivity index (χ0) is 27.5. The Hall–Kier alpha value is -3.52. The van der Waals surface area contributed by atoms with Crippen molar-refractivity contribution in [2.24, 2.45) is 7.05 Å². The van der Waals surface area contributed by atoms with E-state index in [0.717, 1.165) is 6.54 Å². The van der Waals surface area contributed by atoms with Crippen LogP contribution < -0.4 is 0 Å². The molecule has 0 saturated heterocycles. The molecule has 0 atom stereocenters. The van der Waals surface area contributed by atoms with Gasteiger partial charge >= 0.3 is 0 Å². The van der Waals surface area contributed by atoms with Gasteiger partial charge in [-0.1, -0.05) is 110 Å². The number of rotatable bonds is 2. The molecule has 0 unspecified atom stereocenters. The van der Waals surface area contributed by atoms with Crippen molar-refractivity contribution in [3.8, 4) is 11.1 Å². The lowest BCUT2D eigenvalue weighted by molar-refractivity contribution is 0.827. The lowest BCUT2D eigenvalue weighted by Gasteiger charge is -2.07. The average Bonchev–Trinajstić information content (AvgIpc) is 3.48. The standard InChI is InChI=1S/C27H22N2.4C2H6/c1-3-29-26-11-7-5-8-20(26)22-14-12-19(17-27(22)29)18-13-15-25-23(16-18)21-9-4-6-10-24(21)28(25)2;4*1-2/h4-17H,3H2,1-2H3;4*1-2H3. The summed E-state index contributed by atoms with van der Waals surface area (Å²) in [6.07, 6.45) is 0. The van der Waals surface area contributed by atoms with Gasteiger partial charge in [-0.3, -0.25) is 0 Å². The van der Waals surface area contributed by atoms with Crippen molar-refractivity contribution in [3.05, 3.63) is 84.9 Å². The highest BCUT2D eigenvalue weighted by Gasteiger charge is 2.12. The number of nitrogens with zero attached hydrogens (tertiary/aromatic N) is 2. The van der Waals surface area contributed by atoms with E-state index in [1.165, 1.54) is 54.7 Å². The summed E-state index contributed by atoms with van der Waals surface area (Å²) in [5.41, 5.74) is 7.71. The molecule has 6 aromatic rings. The molecule has 0 bridgehead atoms. The maximum atomic E-state index is 2.42. The number of para-hydroxylation sites is 2. The van der Waals surface area contributed by atoms with E-state index in [0.29, 0.717) is 0 Å². The monoisotopic (exact) mass is 494 g/mol. The summed E-state index contributed by atoms with van der Waals surface area (Å²) in [6.45, 7) is 19.2. The normalized spacial score (nSPS) is 10.0. The van der Waals surface area contributed by atoms with Gasteiger partial charge in [0.2, 0.25) is 0 Å². The molecule has 0 spiro atoms. The highest BCUT2D eigenvalue weighted by Crippen LogP contribution is 2.35. The van der Waals surface area contributed by atoms with Gasteiger partial charge in [-0.05, 0) is 48.4 Å². The molecular formula is C35H46N2. The first-order chi connectivity index (χ1) is 18.3. The number of hydrogen-bond acceptors (Lipinski definition) is 0. The molecule has 0 aliphatic rings. The largest absolute Gasteiger partial charge is 0.344 e. The van der Waals surface area contributed by atoms with E-state index in [1.807, 2.05) is 55.4 Å². The minimum atomic E-state index is 0.968. The van der Waals surface area contributed by atoms with Gasteiger partial charge in [-0.2, -0.15) is 0 Å². The molecule has 0 amide bonds. The predicted octanol–water partition coefficient (Wildman–Crippen LogP) is 11.2. The minimum Gasteiger partial charge on any atom is -0.344 e. The van der Waals surface area contributed by atoms with E-state index in [9.17, 15) is 0 Å². The van der Waals surface area contributed by atoms with Crippen LogP contribution in [0.4, 0.5) is 0 Å². The summed E-state index contributed by atoms with van der Waals surface area (Å²) >= 11 is 0. The van der Waals surface area contributed by atoms with Gasteiger partial charge < -0.3 is 9.13 Å². The van der Waals surface area contributed by atoms with Gasteiger partial charge in [0.1, 0.15) is 0 Å². The zero-order valence-corrected chi connectivity index (χ0v) is 24.7. The average molecular weight is 495 g/mol. The molecule has 0 N–H and O–H groups in total. The molecule has 196 valence electrons. The number of benzene rings is 4. The van der Waals surface area contributed by atoms with E-state index in [4.69, 9.17) is 0 Å². The lowest BCUT2D eigenvalue weighted by Crippen LogP contribution is -1.93. The number of hydrogen-bond donors (Lipinski definition) is 0. The Morgan fingerprint density at radius 2 is 0.919 bits per heavy atom. The van der Waals surface area contributed by atoms with E-state index in [2.05, 4.69) is 108 Å². The number of aryl methyl sites for hydroxylation is 2. The van der Waals surface area contributed by atoms with E-state index < -0.39 is 0 Å². The van der Waals surface area contributed by atoms with Crippen LogP contribution in [0.25, 0.3) is 54.7 Å². The van der Waals surface area contributed by atoms with Gasteiger partial charge in [0.05, 0.1) is 0 Å². The predicted molar refractivity (Wildman–Crippen MR) is 170 cm³/mol. The summed E-state index contributed by atoms with van der Waals surface area (Å²) in [6, 6.07) is 31.1. The number of fused-ring (bicyclic) bond motifs is 6. The van der Waals surface area contributed by atoms with Crippen LogP contribution in [-0.4, -0.2) is 9.13 Å². The molecule has 2 nitrogen and oxygen atoms in total. The molecule has 0 aliphatic carbocycles. The molecule has 6 rings (SSSR count). The molecule has 4 aromatic carbocycles. The Balaban J connectivity index is 0.000000553. The number of aromatic nitrogens is 2. The molecule has 0 fully saturated rings. The highest BCUT2D eigenvalue weighted by atomic mass is 15.0. The van der Waals surface area contributed by atoms with Crippen molar-refractivity contribution in [1.82, 2.24) is 9.13 Å². The molecular weight excluding hydrogens is 448 g/mol. The summed E-state index contributed by atoms with van der Waals surface area (Å²) in [7, 11) is 2.15. The van der Waals surface area contributed by atoms with Gasteiger partial charge in [0, 0.05) is 57.2 Å². The van der Waals surface area contributed by atoms with E-state index >= 15 is 0 Å². The Labute approximate surface area is 224 Å². The molecule has 37 heavy (non-hydrogen) atoms. The van der Waals surface area contributed by atoms with Crippen LogP contribution in [0.15, 0.2) is 84.9 Å². The van der Waals surface area contributed by atoms with Gasteiger partial charge in [0.25, 0.3) is 0 Å². The Bertz CT molecular complexity index is 1550. The zero-order valence-electron chi connectivity index (χ0n) is 24.7. The fourth-order valence-corrected chi connectivity index (χ4v) is 4.92. The van der Waals surface area contributed by atoms with Crippen LogP contribution in [-0.2, 0) is 13.6 Å². The van der Waals surface area contributed by atoms with Crippen LogP contribution in [0.2, 0.25) is 0 Å². The smallest absolute Gasteiger partial charge is 0.0497 e. The first kappa shape index (κ1) is 29.7. The molecule has 0 radical (unpaired) electrons. The van der Waals surface area contributed by atoms with Crippen LogP contribution in [0.3, 0.4) is 0 Å². The molecule has 2 heterocycles. The van der Waals surface area contributed by atoms with Gasteiger partial charge in [-0.25, -0.2) is 0 Å². The third-order valence-electron chi connectivity index (χ3n) is 6.34. The first-order valence-electron chi connectivity index (χ1n) is 14.2. The van der Waals surface area contributed by atoms with Crippen molar-refractivity contribution in [3.63, 3.8) is 0 Å². The highest BCUT2D eigenvalue weighted by molar-refractivity contribution is 6.11. The van der Waals surface area contributed by atoms with Crippen molar-refractivity contribution in [1.29, 1.82) is 0 Å². The topological polar surface area (TPSA) is 9.86 Å². The summed E-state index contributed by atoms with van der Waals surface area (Å²) in [5.74, 6) is 0. The Morgan fingerprint density at radius 3 is 1.54 bits per heavy atom. The quantitative estimate of drug-likeness (QED) is 0.226. The van der Waals surface area contributed by atoms with Crippen LogP contribution in [0.5, 0.6) is 0 Å². The van der Waals surface area contributed by atoms with Crippen molar-refractivity contribution >= 4 is 43.6 Å². The van der Waals surface area contributed by atoms with Crippen molar-refractivity contribution < 1.29 is 0 Å². The molecule has 2 aromatic heterocycles. The van der Waals surface area contributed by atoms with Crippen LogP contribution in [0, 0.1) is 0 Å². The van der Waals surface area contributed by atoms with Gasteiger partial charge in [0.15, 0.2) is 0 Å². The minimum absolute atomic E-state index is 0.968. The fraction of sp³-hybridized carbons (Fsp3) is 0.314. The fourth-order valence-electron chi connectivity index (χ4n) is 4.92. The van der Waals surface area contributed by atoms with E-state index in [-0.39, 0.29) is 0 Å². The second-order valence-electron chi connectivity index (χ2n) is 7.80. The molecule has 2 heteroatoms. The third kappa shape index (κ3) is 5.44. The SMILES string of the molecule is CC.CC.CC.CC.CCn1c2ccccc2c2ccc(-c3ccc4c(c3)c3ccccc3n4C)cc21. The van der Waals surface area contributed by atoms with Crippen molar-refractivity contribution in [2.45, 2.75) is 68.9 Å². The maximum Gasteiger partial charge on any atom is 0.0497 e. The Morgan fingerprint density at radius 1 is 0.459 bits per heavy atom. The second kappa shape index (κ2) is 14.3. The summed E-state index contributed by atoms with van der Waals surface area (Å²) in [4.78, 5) is 0. The maximum absolute atomic E-state index is 2.42. The first-order valence-corrected chi connectivity index (χ1v) is 14.2. The third-order valence-corrected chi connectivity index (χ3v) is 6.34. The van der Waals surface area contributed by atoms with Crippen LogP contribution in [0.1, 0.15) is 62.3 Å². The van der Waals surface area contributed by atoms with Gasteiger partial charge in [-0.15, -0.1) is 0 Å². The van der Waals surface area contributed by atoms with Crippen molar-refractivity contribution in [2.75, 3.05) is 0 Å².